The standard InChI is InChI=1S/C15H18N2O3/c1-11-14(20-10-17-11)9-15(18)16-7-6-12-4-3-5-13(8-12)19-2/h3-5,8,10H,6-7,9H2,1-2H3,(H,16,18). The molecule has 0 saturated heterocycles. The second kappa shape index (κ2) is 6.75. The third-order valence-corrected chi connectivity index (χ3v) is 3.04. The van der Waals surface area contributed by atoms with Crippen LogP contribution in [0.2, 0.25) is 0 Å². The normalized spacial score (nSPS) is 10.3. The van der Waals surface area contributed by atoms with Crippen LogP contribution in [0.5, 0.6) is 5.75 Å². The molecule has 1 amide bonds. The molecule has 0 aliphatic heterocycles. The molecule has 1 aromatic carbocycles. The van der Waals surface area contributed by atoms with Crippen LogP contribution in [0.4, 0.5) is 0 Å². The van der Waals surface area contributed by atoms with Gasteiger partial charge in [-0.1, -0.05) is 12.1 Å². The van der Waals surface area contributed by atoms with E-state index in [1.165, 1.54) is 6.39 Å². The molecule has 0 spiro atoms. The Kier molecular flexibility index (Phi) is 4.76. The number of methoxy groups -OCH3 is 1. The van der Waals surface area contributed by atoms with Crippen molar-refractivity contribution in [1.82, 2.24) is 10.3 Å². The molecule has 2 rings (SSSR count). The van der Waals surface area contributed by atoms with Gasteiger partial charge in [-0.15, -0.1) is 0 Å². The Balaban J connectivity index is 1.78. The maximum Gasteiger partial charge on any atom is 0.227 e. The number of oxazole rings is 1. The largest absolute Gasteiger partial charge is 0.497 e. The molecular weight excluding hydrogens is 256 g/mol. The first-order valence-corrected chi connectivity index (χ1v) is 6.47. The van der Waals surface area contributed by atoms with Crippen molar-refractivity contribution in [3.8, 4) is 5.75 Å². The van der Waals surface area contributed by atoms with E-state index >= 15 is 0 Å². The summed E-state index contributed by atoms with van der Waals surface area (Å²) in [7, 11) is 1.64. The van der Waals surface area contributed by atoms with Gasteiger partial charge in [0.2, 0.25) is 5.91 Å². The van der Waals surface area contributed by atoms with Gasteiger partial charge in [0.15, 0.2) is 6.39 Å². The van der Waals surface area contributed by atoms with E-state index < -0.39 is 0 Å². The first-order valence-electron chi connectivity index (χ1n) is 6.47. The molecule has 0 saturated carbocycles. The average Bonchev–Trinajstić information content (AvgIpc) is 2.84. The summed E-state index contributed by atoms with van der Waals surface area (Å²) in [6.45, 7) is 2.40. The predicted molar refractivity (Wildman–Crippen MR) is 74.7 cm³/mol. The molecule has 0 atom stereocenters. The van der Waals surface area contributed by atoms with Crippen LogP contribution in [-0.4, -0.2) is 24.5 Å². The first-order chi connectivity index (χ1) is 9.69. The average molecular weight is 274 g/mol. The number of amides is 1. The van der Waals surface area contributed by atoms with Crippen molar-refractivity contribution in [3.63, 3.8) is 0 Å². The zero-order chi connectivity index (χ0) is 14.4. The van der Waals surface area contributed by atoms with Gasteiger partial charge in [0.05, 0.1) is 19.2 Å². The highest BCUT2D eigenvalue weighted by Gasteiger charge is 2.09. The zero-order valence-corrected chi connectivity index (χ0v) is 11.7. The van der Waals surface area contributed by atoms with Crippen LogP contribution in [0.25, 0.3) is 0 Å². The molecule has 5 heteroatoms. The number of benzene rings is 1. The van der Waals surface area contributed by atoms with Gasteiger partial charge in [0.1, 0.15) is 11.5 Å². The van der Waals surface area contributed by atoms with Crippen LogP contribution in [0.3, 0.4) is 0 Å². The fraction of sp³-hybridized carbons (Fsp3) is 0.333. The minimum absolute atomic E-state index is 0.0623. The summed E-state index contributed by atoms with van der Waals surface area (Å²) < 4.78 is 10.3. The van der Waals surface area contributed by atoms with E-state index in [4.69, 9.17) is 9.15 Å². The molecular formula is C15H18N2O3. The number of aryl methyl sites for hydroxylation is 1. The monoisotopic (exact) mass is 274 g/mol. The highest BCUT2D eigenvalue weighted by molar-refractivity contribution is 5.78. The number of hydrogen-bond donors (Lipinski definition) is 1. The summed E-state index contributed by atoms with van der Waals surface area (Å²) in [5.74, 6) is 1.38. The van der Waals surface area contributed by atoms with Crippen molar-refractivity contribution in [2.24, 2.45) is 0 Å². The number of nitrogens with zero attached hydrogens (tertiary/aromatic N) is 1. The molecule has 2 aromatic rings. The Labute approximate surface area is 118 Å². The first kappa shape index (κ1) is 14.1. The minimum atomic E-state index is -0.0623. The van der Waals surface area contributed by atoms with Crippen LogP contribution >= 0.6 is 0 Å². The molecule has 20 heavy (non-hydrogen) atoms. The number of carbonyl (C=O) groups is 1. The molecule has 1 N–H and O–H groups in total. The lowest BCUT2D eigenvalue weighted by Gasteiger charge is -2.06. The topological polar surface area (TPSA) is 64.4 Å². The van der Waals surface area contributed by atoms with Gasteiger partial charge >= 0.3 is 0 Å². The Morgan fingerprint density at radius 1 is 1.45 bits per heavy atom. The third kappa shape index (κ3) is 3.85. The van der Waals surface area contributed by atoms with E-state index in [1.807, 2.05) is 31.2 Å². The number of ether oxygens (including phenoxy) is 1. The Morgan fingerprint density at radius 2 is 2.30 bits per heavy atom. The summed E-state index contributed by atoms with van der Waals surface area (Å²) in [4.78, 5) is 15.7. The van der Waals surface area contributed by atoms with Crippen molar-refractivity contribution in [2.75, 3.05) is 13.7 Å². The summed E-state index contributed by atoms with van der Waals surface area (Å²) in [5.41, 5.74) is 1.88. The van der Waals surface area contributed by atoms with Gasteiger partial charge < -0.3 is 14.5 Å². The number of carbonyl (C=O) groups excluding carboxylic acids is 1. The molecule has 0 fully saturated rings. The predicted octanol–water partition coefficient (Wildman–Crippen LogP) is 1.89. The maximum atomic E-state index is 11.8. The summed E-state index contributed by atoms with van der Waals surface area (Å²) in [6.07, 6.45) is 2.34. The van der Waals surface area contributed by atoms with Gasteiger partial charge in [-0.25, -0.2) is 4.98 Å². The second-order valence-corrected chi connectivity index (χ2v) is 4.49. The third-order valence-electron chi connectivity index (χ3n) is 3.04. The minimum Gasteiger partial charge on any atom is -0.497 e. The fourth-order valence-corrected chi connectivity index (χ4v) is 1.88. The van der Waals surface area contributed by atoms with Crippen molar-refractivity contribution < 1.29 is 13.9 Å². The van der Waals surface area contributed by atoms with Crippen LogP contribution in [0.1, 0.15) is 17.0 Å². The van der Waals surface area contributed by atoms with Crippen LogP contribution in [0.15, 0.2) is 35.1 Å². The summed E-state index contributed by atoms with van der Waals surface area (Å²) in [6, 6.07) is 7.81. The molecule has 1 heterocycles. The number of hydrogen-bond acceptors (Lipinski definition) is 4. The maximum absolute atomic E-state index is 11.8. The molecule has 0 unspecified atom stereocenters. The molecule has 0 radical (unpaired) electrons. The fourth-order valence-electron chi connectivity index (χ4n) is 1.88. The Hall–Kier alpha value is -2.30. The van der Waals surface area contributed by atoms with E-state index in [0.29, 0.717) is 12.3 Å². The quantitative estimate of drug-likeness (QED) is 0.873. The van der Waals surface area contributed by atoms with Crippen molar-refractivity contribution in [1.29, 1.82) is 0 Å². The molecule has 0 aliphatic carbocycles. The van der Waals surface area contributed by atoms with E-state index in [0.717, 1.165) is 23.4 Å². The summed E-state index contributed by atoms with van der Waals surface area (Å²) in [5, 5.41) is 2.87. The van der Waals surface area contributed by atoms with Crippen molar-refractivity contribution in [2.45, 2.75) is 19.8 Å². The lowest BCUT2D eigenvalue weighted by Crippen LogP contribution is -2.27. The van der Waals surface area contributed by atoms with Crippen LogP contribution in [-0.2, 0) is 17.6 Å². The summed E-state index contributed by atoms with van der Waals surface area (Å²) >= 11 is 0. The zero-order valence-electron chi connectivity index (χ0n) is 11.7. The van der Waals surface area contributed by atoms with E-state index in [2.05, 4.69) is 10.3 Å². The molecule has 1 aromatic heterocycles. The van der Waals surface area contributed by atoms with Crippen LogP contribution in [0, 0.1) is 6.92 Å². The van der Waals surface area contributed by atoms with Gasteiger partial charge in [0.25, 0.3) is 0 Å². The SMILES string of the molecule is COc1cccc(CCNC(=O)Cc2ocnc2C)c1. The van der Waals surface area contributed by atoms with Crippen molar-refractivity contribution in [3.05, 3.63) is 47.7 Å². The second-order valence-electron chi connectivity index (χ2n) is 4.49. The number of rotatable bonds is 6. The van der Waals surface area contributed by atoms with Gasteiger partial charge in [-0.3, -0.25) is 4.79 Å². The van der Waals surface area contributed by atoms with Crippen LogP contribution < -0.4 is 10.1 Å². The Morgan fingerprint density at radius 3 is 3.00 bits per heavy atom. The molecule has 0 bridgehead atoms. The number of nitrogens with one attached hydrogen (secondary N) is 1. The van der Waals surface area contributed by atoms with E-state index in [1.54, 1.807) is 7.11 Å². The van der Waals surface area contributed by atoms with Crippen molar-refractivity contribution >= 4 is 5.91 Å². The van der Waals surface area contributed by atoms with E-state index in [9.17, 15) is 4.79 Å². The lowest BCUT2D eigenvalue weighted by atomic mass is 10.1. The Bertz CT molecular complexity index is 578. The smallest absolute Gasteiger partial charge is 0.227 e. The van der Waals surface area contributed by atoms with Gasteiger partial charge in [-0.05, 0) is 31.0 Å². The lowest BCUT2D eigenvalue weighted by molar-refractivity contribution is -0.120. The highest BCUT2D eigenvalue weighted by atomic mass is 16.5. The van der Waals surface area contributed by atoms with Gasteiger partial charge in [-0.2, -0.15) is 0 Å². The number of aromatic nitrogens is 1. The molecule has 106 valence electrons. The highest BCUT2D eigenvalue weighted by Crippen LogP contribution is 2.12. The van der Waals surface area contributed by atoms with Gasteiger partial charge in [0, 0.05) is 6.54 Å². The molecule has 0 aliphatic rings. The molecule has 5 nitrogen and oxygen atoms in total. The van der Waals surface area contributed by atoms with E-state index in [-0.39, 0.29) is 12.3 Å².